The first-order valence-corrected chi connectivity index (χ1v) is 8.02. The van der Waals surface area contributed by atoms with E-state index in [0.29, 0.717) is 20.6 Å². The molecule has 0 bridgehead atoms. The Morgan fingerprint density at radius 1 is 1.30 bits per heavy atom. The van der Waals surface area contributed by atoms with Crippen molar-refractivity contribution in [1.29, 1.82) is 0 Å². The second kappa shape index (κ2) is 6.57. The van der Waals surface area contributed by atoms with Crippen LogP contribution in [0.4, 0.5) is 5.69 Å². The minimum Gasteiger partial charge on any atom is -0.387 e. The number of thiophene rings is 1. The molecule has 1 aromatic carbocycles. The van der Waals surface area contributed by atoms with Crippen molar-refractivity contribution in [1.82, 2.24) is 9.78 Å². The molecule has 23 heavy (non-hydrogen) atoms. The summed E-state index contributed by atoms with van der Waals surface area (Å²) in [6, 6.07) is 8.24. The molecule has 2 aromatic heterocycles. The van der Waals surface area contributed by atoms with Gasteiger partial charge >= 0.3 is 5.76 Å². The fraction of sp³-hybridized carbons (Fsp3) is 0.0714. The van der Waals surface area contributed by atoms with Gasteiger partial charge in [-0.05, 0) is 29.6 Å². The second-order valence-electron chi connectivity index (χ2n) is 4.51. The van der Waals surface area contributed by atoms with Gasteiger partial charge in [-0.15, -0.1) is 16.4 Å². The van der Waals surface area contributed by atoms with Crippen molar-refractivity contribution in [3.8, 4) is 10.8 Å². The lowest BCUT2D eigenvalue weighted by Gasteiger charge is -2.05. The van der Waals surface area contributed by atoms with Crippen LogP contribution in [-0.4, -0.2) is 15.7 Å². The van der Waals surface area contributed by atoms with Crippen molar-refractivity contribution >= 4 is 46.1 Å². The second-order valence-corrected chi connectivity index (χ2v) is 6.33. The van der Waals surface area contributed by atoms with Gasteiger partial charge in [-0.2, -0.15) is 4.68 Å². The molecule has 3 aromatic rings. The number of nitrogens with one attached hydrogen (secondary N) is 1. The van der Waals surface area contributed by atoms with E-state index in [0.717, 1.165) is 4.68 Å². The Morgan fingerprint density at radius 2 is 2.04 bits per heavy atom. The summed E-state index contributed by atoms with van der Waals surface area (Å²) in [6.45, 7) is -0.280. The maximum Gasteiger partial charge on any atom is 0.437 e. The first-order valence-electron chi connectivity index (χ1n) is 6.39. The van der Waals surface area contributed by atoms with Crippen molar-refractivity contribution in [2.45, 2.75) is 6.54 Å². The molecule has 1 amide bonds. The maximum absolute atomic E-state index is 12.0. The summed E-state index contributed by atoms with van der Waals surface area (Å²) in [5.41, 5.74) is 0.433. The Bertz CT molecular complexity index is 882. The van der Waals surface area contributed by atoms with Gasteiger partial charge in [-0.1, -0.05) is 29.3 Å². The molecule has 3 rings (SSSR count). The SMILES string of the molecule is O=C(Cn1nc(-c2cccs2)oc1=O)Nc1cc(Cl)cc(Cl)c1. The Morgan fingerprint density at radius 3 is 2.70 bits per heavy atom. The van der Waals surface area contributed by atoms with Crippen LogP contribution in [0, 0.1) is 0 Å². The summed E-state index contributed by atoms with van der Waals surface area (Å²) in [7, 11) is 0. The highest BCUT2D eigenvalue weighted by atomic mass is 35.5. The van der Waals surface area contributed by atoms with E-state index in [9.17, 15) is 9.59 Å². The van der Waals surface area contributed by atoms with Crippen LogP contribution in [-0.2, 0) is 11.3 Å². The molecule has 6 nitrogen and oxygen atoms in total. The van der Waals surface area contributed by atoms with Gasteiger partial charge in [0.1, 0.15) is 6.54 Å². The zero-order chi connectivity index (χ0) is 16.4. The third-order valence-electron chi connectivity index (χ3n) is 2.78. The van der Waals surface area contributed by atoms with Crippen LogP contribution in [0.5, 0.6) is 0 Å². The summed E-state index contributed by atoms with van der Waals surface area (Å²) in [5.74, 6) is -0.965. The van der Waals surface area contributed by atoms with E-state index in [2.05, 4.69) is 10.4 Å². The van der Waals surface area contributed by atoms with Gasteiger partial charge in [-0.25, -0.2) is 4.79 Å². The predicted molar refractivity (Wildman–Crippen MR) is 89.2 cm³/mol. The van der Waals surface area contributed by atoms with Gasteiger partial charge in [0, 0.05) is 15.7 Å². The third kappa shape index (κ3) is 3.82. The van der Waals surface area contributed by atoms with Crippen molar-refractivity contribution < 1.29 is 9.21 Å². The Hall–Kier alpha value is -2.09. The molecule has 2 heterocycles. The first-order chi connectivity index (χ1) is 11.0. The number of nitrogens with zero attached hydrogens (tertiary/aromatic N) is 2. The third-order valence-corrected chi connectivity index (χ3v) is 4.07. The quantitative estimate of drug-likeness (QED) is 0.763. The molecule has 0 fully saturated rings. The average Bonchev–Trinajstić information content (AvgIpc) is 3.08. The number of carbonyl (C=O) groups is 1. The number of halogens is 2. The zero-order valence-corrected chi connectivity index (χ0v) is 13.8. The van der Waals surface area contributed by atoms with Crippen LogP contribution in [0.1, 0.15) is 0 Å². The smallest absolute Gasteiger partial charge is 0.387 e. The minimum atomic E-state index is -0.701. The number of rotatable bonds is 4. The summed E-state index contributed by atoms with van der Waals surface area (Å²) in [4.78, 5) is 24.5. The number of anilines is 1. The molecule has 0 radical (unpaired) electrons. The van der Waals surface area contributed by atoms with Crippen molar-refractivity contribution in [2.75, 3.05) is 5.32 Å². The monoisotopic (exact) mass is 369 g/mol. The molecule has 0 saturated carbocycles. The fourth-order valence-electron chi connectivity index (χ4n) is 1.87. The molecule has 1 N–H and O–H groups in total. The zero-order valence-electron chi connectivity index (χ0n) is 11.5. The number of hydrogen-bond donors (Lipinski definition) is 1. The number of aromatic nitrogens is 2. The van der Waals surface area contributed by atoms with Crippen LogP contribution in [0.2, 0.25) is 10.0 Å². The van der Waals surface area contributed by atoms with Gasteiger partial charge in [0.05, 0.1) is 4.88 Å². The summed E-state index contributed by atoms with van der Waals surface area (Å²) in [6.07, 6.45) is 0. The highest BCUT2D eigenvalue weighted by Crippen LogP contribution is 2.23. The first kappa shape index (κ1) is 15.8. The Kier molecular flexibility index (Phi) is 4.51. The van der Waals surface area contributed by atoms with Crippen molar-refractivity contribution in [2.24, 2.45) is 0 Å². The molecule has 0 saturated heterocycles. The molecular formula is C14H9Cl2N3O3S. The predicted octanol–water partition coefficient (Wildman–Crippen LogP) is 3.51. The Balaban J connectivity index is 1.74. The summed E-state index contributed by atoms with van der Waals surface area (Å²) < 4.78 is 5.99. The highest BCUT2D eigenvalue weighted by Gasteiger charge is 2.14. The molecule has 9 heteroatoms. The fourth-order valence-corrected chi connectivity index (χ4v) is 3.04. The van der Waals surface area contributed by atoms with Gasteiger partial charge < -0.3 is 9.73 Å². The molecular weight excluding hydrogens is 361 g/mol. The summed E-state index contributed by atoms with van der Waals surface area (Å²) >= 11 is 13.1. The van der Waals surface area contributed by atoms with Crippen LogP contribution in [0.15, 0.2) is 44.9 Å². The van der Waals surface area contributed by atoms with Gasteiger partial charge in [0.2, 0.25) is 5.91 Å². The molecule has 0 aliphatic carbocycles. The molecule has 0 unspecified atom stereocenters. The van der Waals surface area contributed by atoms with Crippen LogP contribution in [0.25, 0.3) is 10.8 Å². The van der Waals surface area contributed by atoms with E-state index < -0.39 is 11.7 Å². The maximum atomic E-state index is 12.0. The van der Waals surface area contributed by atoms with Crippen LogP contribution < -0.4 is 11.1 Å². The number of carbonyl (C=O) groups excluding carboxylic acids is 1. The van der Waals surface area contributed by atoms with Gasteiger partial charge in [0.25, 0.3) is 5.89 Å². The topological polar surface area (TPSA) is 77.1 Å². The van der Waals surface area contributed by atoms with E-state index in [1.54, 1.807) is 24.3 Å². The molecule has 0 atom stereocenters. The standard InChI is InChI=1S/C14H9Cl2N3O3S/c15-8-4-9(16)6-10(5-8)17-12(20)7-19-14(21)22-13(18-19)11-2-1-3-23-11/h1-6H,7H2,(H,17,20). The molecule has 0 spiro atoms. The summed E-state index contributed by atoms with van der Waals surface area (Å²) in [5, 5.41) is 9.23. The lowest BCUT2D eigenvalue weighted by molar-refractivity contribution is -0.117. The number of hydrogen-bond acceptors (Lipinski definition) is 5. The number of benzene rings is 1. The van der Waals surface area contributed by atoms with E-state index in [4.69, 9.17) is 27.6 Å². The lowest BCUT2D eigenvalue weighted by atomic mass is 10.3. The van der Waals surface area contributed by atoms with Gasteiger partial charge in [0.15, 0.2) is 0 Å². The highest BCUT2D eigenvalue weighted by molar-refractivity contribution is 7.13. The minimum absolute atomic E-state index is 0.184. The van der Waals surface area contributed by atoms with Crippen molar-refractivity contribution in [3.05, 3.63) is 56.3 Å². The van der Waals surface area contributed by atoms with E-state index >= 15 is 0 Å². The molecule has 118 valence electrons. The van der Waals surface area contributed by atoms with Gasteiger partial charge in [-0.3, -0.25) is 4.79 Å². The van der Waals surface area contributed by atoms with Crippen LogP contribution in [0.3, 0.4) is 0 Å². The van der Waals surface area contributed by atoms with Crippen molar-refractivity contribution in [3.63, 3.8) is 0 Å². The largest absolute Gasteiger partial charge is 0.437 e. The van der Waals surface area contributed by atoms with E-state index in [-0.39, 0.29) is 12.4 Å². The van der Waals surface area contributed by atoms with Crippen LogP contribution >= 0.6 is 34.5 Å². The molecule has 0 aliphatic heterocycles. The number of amides is 1. The van der Waals surface area contributed by atoms with E-state index in [1.807, 2.05) is 11.4 Å². The average molecular weight is 370 g/mol. The Labute approximate surface area is 144 Å². The van der Waals surface area contributed by atoms with E-state index in [1.165, 1.54) is 11.3 Å². The normalized spacial score (nSPS) is 10.7. The lowest BCUT2D eigenvalue weighted by Crippen LogP contribution is -2.25. The molecule has 0 aliphatic rings.